The molecule has 2 N–H and O–H groups in total. The van der Waals surface area contributed by atoms with E-state index in [1.165, 1.54) is 6.07 Å². The van der Waals surface area contributed by atoms with Crippen molar-refractivity contribution in [1.29, 1.82) is 5.26 Å². The number of nitrogens with one attached hydrogen (secondary N) is 1. The Morgan fingerprint density at radius 2 is 2.00 bits per heavy atom. The Morgan fingerprint density at radius 3 is 2.62 bits per heavy atom. The predicted molar refractivity (Wildman–Crippen MR) is 78.3 cm³/mol. The fraction of sp³-hybridized carbons (Fsp3) is 0.125. The number of benzene rings is 2. The maximum atomic E-state index is 12.0. The van der Waals surface area contributed by atoms with Gasteiger partial charge < -0.3 is 15.2 Å². The zero-order chi connectivity index (χ0) is 15.2. The summed E-state index contributed by atoms with van der Waals surface area (Å²) < 4.78 is 5.12. The fourth-order valence-electron chi connectivity index (χ4n) is 1.70. The third-order valence-electron chi connectivity index (χ3n) is 2.89. The summed E-state index contributed by atoms with van der Waals surface area (Å²) in [6.07, 6.45) is 0. The number of aryl methyl sites for hydroxylation is 1. The van der Waals surface area contributed by atoms with Crippen LogP contribution in [0.15, 0.2) is 42.5 Å². The molecule has 0 aliphatic heterocycles. The van der Waals surface area contributed by atoms with Crippen LogP contribution in [0.25, 0.3) is 0 Å². The number of carbonyl (C=O) groups excluding carboxylic acids is 1. The Labute approximate surface area is 122 Å². The molecule has 2 aromatic rings. The number of nitriles is 1. The highest BCUT2D eigenvalue weighted by molar-refractivity contribution is 6.04. The van der Waals surface area contributed by atoms with Gasteiger partial charge in [0.15, 0.2) is 6.61 Å². The summed E-state index contributed by atoms with van der Waals surface area (Å²) in [6.45, 7) is 1.74. The molecule has 5 nitrogen and oxygen atoms in total. The van der Waals surface area contributed by atoms with Gasteiger partial charge in [0.25, 0.3) is 5.91 Å². The first-order valence-electron chi connectivity index (χ1n) is 6.31. The number of anilines is 1. The minimum Gasteiger partial charge on any atom is -0.508 e. The van der Waals surface area contributed by atoms with Crippen LogP contribution in [0.5, 0.6) is 11.5 Å². The molecule has 0 aliphatic carbocycles. The lowest BCUT2D eigenvalue weighted by molar-refractivity contribution is 0.102. The van der Waals surface area contributed by atoms with E-state index in [-0.39, 0.29) is 18.3 Å². The smallest absolute Gasteiger partial charge is 0.255 e. The molecule has 0 atom stereocenters. The van der Waals surface area contributed by atoms with Crippen LogP contribution in [-0.2, 0) is 0 Å². The Morgan fingerprint density at radius 1 is 1.29 bits per heavy atom. The molecule has 0 bridgehead atoms. The highest BCUT2D eigenvalue weighted by Gasteiger charge is 2.08. The molecule has 2 rings (SSSR count). The molecular formula is C16H14N2O3. The summed E-state index contributed by atoms with van der Waals surface area (Å²) in [7, 11) is 0. The minimum absolute atomic E-state index is 0.0195. The van der Waals surface area contributed by atoms with Crippen molar-refractivity contribution in [1.82, 2.24) is 0 Å². The van der Waals surface area contributed by atoms with Gasteiger partial charge in [0.1, 0.15) is 17.6 Å². The quantitative estimate of drug-likeness (QED) is 0.903. The SMILES string of the molecule is Cc1ccc(C(=O)Nc2ccc(OCC#N)cc2)cc1O. The number of hydrogen-bond donors (Lipinski definition) is 2. The van der Waals surface area contributed by atoms with Gasteiger partial charge in [-0.1, -0.05) is 6.07 Å². The number of ether oxygens (including phenoxy) is 1. The van der Waals surface area contributed by atoms with Crippen molar-refractivity contribution in [2.75, 3.05) is 11.9 Å². The average Bonchev–Trinajstić information content (AvgIpc) is 2.49. The maximum Gasteiger partial charge on any atom is 0.255 e. The number of amides is 1. The van der Waals surface area contributed by atoms with Crippen molar-refractivity contribution < 1.29 is 14.6 Å². The Balaban J connectivity index is 2.05. The zero-order valence-electron chi connectivity index (χ0n) is 11.5. The monoisotopic (exact) mass is 282 g/mol. The normalized spacial score (nSPS) is 9.71. The highest BCUT2D eigenvalue weighted by Crippen LogP contribution is 2.20. The van der Waals surface area contributed by atoms with E-state index in [2.05, 4.69) is 5.32 Å². The zero-order valence-corrected chi connectivity index (χ0v) is 11.5. The third kappa shape index (κ3) is 3.74. The number of phenolic OH excluding ortho intramolecular Hbond substituents is 1. The van der Waals surface area contributed by atoms with Crippen molar-refractivity contribution in [3.05, 3.63) is 53.6 Å². The van der Waals surface area contributed by atoms with Gasteiger partial charge >= 0.3 is 0 Å². The topological polar surface area (TPSA) is 82.3 Å². The van der Waals surface area contributed by atoms with Gasteiger partial charge in [0.05, 0.1) is 0 Å². The number of nitrogens with zero attached hydrogens (tertiary/aromatic N) is 1. The lowest BCUT2D eigenvalue weighted by Crippen LogP contribution is -2.11. The van der Waals surface area contributed by atoms with Crippen molar-refractivity contribution in [3.8, 4) is 17.6 Å². The third-order valence-corrected chi connectivity index (χ3v) is 2.89. The summed E-state index contributed by atoms with van der Waals surface area (Å²) in [5.74, 6) is 0.335. The second kappa shape index (κ2) is 6.44. The number of phenols is 1. The van der Waals surface area contributed by atoms with E-state index in [9.17, 15) is 9.90 Å². The number of aromatic hydroxyl groups is 1. The summed E-state index contributed by atoms with van der Waals surface area (Å²) in [4.78, 5) is 12.0. The molecule has 0 heterocycles. The van der Waals surface area contributed by atoms with Crippen LogP contribution in [0.4, 0.5) is 5.69 Å². The molecule has 0 aromatic heterocycles. The van der Waals surface area contributed by atoms with E-state index >= 15 is 0 Å². The van der Waals surface area contributed by atoms with E-state index in [1.54, 1.807) is 43.3 Å². The van der Waals surface area contributed by atoms with E-state index in [0.717, 1.165) is 0 Å². The highest BCUT2D eigenvalue weighted by atomic mass is 16.5. The van der Waals surface area contributed by atoms with Crippen LogP contribution in [-0.4, -0.2) is 17.6 Å². The van der Waals surface area contributed by atoms with Crippen LogP contribution in [0, 0.1) is 18.3 Å². The standard InChI is InChI=1S/C16H14N2O3/c1-11-2-3-12(10-15(11)19)16(20)18-13-4-6-14(7-5-13)21-9-8-17/h2-7,10,19H,9H2,1H3,(H,18,20). The van der Waals surface area contributed by atoms with Gasteiger partial charge in [0, 0.05) is 11.3 Å². The summed E-state index contributed by atoms with van der Waals surface area (Å²) >= 11 is 0. The summed E-state index contributed by atoms with van der Waals surface area (Å²) in [5, 5.41) is 20.7. The molecule has 0 spiro atoms. The molecular weight excluding hydrogens is 268 g/mol. The van der Waals surface area contributed by atoms with Crippen LogP contribution in [0.1, 0.15) is 15.9 Å². The molecule has 0 saturated carbocycles. The Kier molecular flexibility index (Phi) is 4.42. The molecule has 5 heteroatoms. The molecule has 0 radical (unpaired) electrons. The van der Waals surface area contributed by atoms with Gasteiger partial charge in [-0.25, -0.2) is 0 Å². The second-order valence-electron chi connectivity index (χ2n) is 4.43. The summed E-state index contributed by atoms with van der Waals surface area (Å²) in [5.41, 5.74) is 1.69. The molecule has 0 aliphatic rings. The molecule has 1 amide bonds. The van der Waals surface area contributed by atoms with Crippen molar-refractivity contribution in [2.45, 2.75) is 6.92 Å². The van der Waals surface area contributed by atoms with Crippen LogP contribution in [0.3, 0.4) is 0 Å². The van der Waals surface area contributed by atoms with E-state index in [1.807, 2.05) is 6.07 Å². The molecule has 0 saturated heterocycles. The largest absolute Gasteiger partial charge is 0.508 e. The first kappa shape index (κ1) is 14.4. The lowest BCUT2D eigenvalue weighted by Gasteiger charge is -2.07. The minimum atomic E-state index is -0.309. The average molecular weight is 282 g/mol. The van der Waals surface area contributed by atoms with E-state index in [4.69, 9.17) is 10.00 Å². The van der Waals surface area contributed by atoms with Gasteiger partial charge in [-0.15, -0.1) is 0 Å². The fourth-order valence-corrected chi connectivity index (χ4v) is 1.70. The first-order chi connectivity index (χ1) is 10.1. The van der Waals surface area contributed by atoms with Crippen molar-refractivity contribution >= 4 is 11.6 Å². The number of hydrogen-bond acceptors (Lipinski definition) is 4. The molecule has 21 heavy (non-hydrogen) atoms. The van der Waals surface area contributed by atoms with Crippen molar-refractivity contribution in [2.24, 2.45) is 0 Å². The van der Waals surface area contributed by atoms with Gasteiger partial charge in [-0.2, -0.15) is 5.26 Å². The molecule has 0 unspecified atom stereocenters. The number of rotatable bonds is 4. The van der Waals surface area contributed by atoms with E-state index in [0.29, 0.717) is 22.6 Å². The molecule has 106 valence electrons. The Hall–Kier alpha value is -3.00. The Bertz CT molecular complexity index is 688. The molecule has 0 fully saturated rings. The second-order valence-corrected chi connectivity index (χ2v) is 4.43. The molecule has 2 aromatic carbocycles. The van der Waals surface area contributed by atoms with E-state index < -0.39 is 0 Å². The summed E-state index contributed by atoms with van der Waals surface area (Å²) in [6, 6.07) is 13.3. The first-order valence-corrected chi connectivity index (χ1v) is 6.31. The maximum absolute atomic E-state index is 12.0. The number of carbonyl (C=O) groups is 1. The van der Waals surface area contributed by atoms with Crippen LogP contribution >= 0.6 is 0 Å². The van der Waals surface area contributed by atoms with Gasteiger partial charge in [-0.3, -0.25) is 4.79 Å². The van der Waals surface area contributed by atoms with Crippen molar-refractivity contribution in [3.63, 3.8) is 0 Å². The van der Waals surface area contributed by atoms with Gasteiger partial charge in [0.2, 0.25) is 0 Å². The van der Waals surface area contributed by atoms with Crippen LogP contribution in [0.2, 0.25) is 0 Å². The predicted octanol–water partition coefficient (Wildman–Crippen LogP) is 2.86. The van der Waals surface area contributed by atoms with Crippen LogP contribution < -0.4 is 10.1 Å². The lowest BCUT2D eigenvalue weighted by atomic mass is 10.1. The van der Waals surface area contributed by atoms with Gasteiger partial charge in [-0.05, 0) is 48.9 Å².